The highest BCUT2D eigenvalue weighted by Crippen LogP contribution is 2.69. The second-order valence-electron chi connectivity index (χ2n) is 16.3. The zero-order chi connectivity index (χ0) is 34.1. The van der Waals surface area contributed by atoms with Crippen LogP contribution in [0, 0.1) is 35.0 Å². The molecule has 4 fully saturated rings. The van der Waals surface area contributed by atoms with Crippen molar-refractivity contribution in [2.75, 3.05) is 0 Å². The van der Waals surface area contributed by atoms with E-state index >= 15 is 0 Å². The van der Waals surface area contributed by atoms with Gasteiger partial charge in [0.1, 0.15) is 0 Å². The second kappa shape index (κ2) is 10.3. The third kappa shape index (κ3) is 3.91. The summed E-state index contributed by atoms with van der Waals surface area (Å²) in [6, 6.07) is 34.7. The van der Waals surface area contributed by atoms with Crippen LogP contribution < -0.4 is 0 Å². The molecule has 4 saturated carbocycles. The molecule has 0 radical (unpaired) electrons. The Morgan fingerprint density at radius 1 is 0.588 bits per heavy atom. The predicted molar refractivity (Wildman–Crippen MR) is 199 cm³/mol. The summed E-state index contributed by atoms with van der Waals surface area (Å²) in [6.45, 7) is 4.61. The molecule has 51 heavy (non-hydrogen) atoms. The molecule has 1 spiro atoms. The van der Waals surface area contributed by atoms with Crippen molar-refractivity contribution in [3.05, 3.63) is 131 Å². The number of rotatable bonds is 3. The summed E-state index contributed by atoms with van der Waals surface area (Å²) in [4.78, 5) is 20.2. The Morgan fingerprint density at radius 3 is 1.98 bits per heavy atom. The summed E-state index contributed by atoms with van der Waals surface area (Å²) in [6.07, 6.45) is 10.5. The van der Waals surface area contributed by atoms with Gasteiger partial charge in [-0.05, 0) is 119 Å². The molecule has 5 nitrogen and oxygen atoms in total. The van der Waals surface area contributed by atoms with Crippen LogP contribution in [0.3, 0.4) is 0 Å². The fraction of sp³-hybridized carbons (Fsp3) is 0.283. The van der Waals surface area contributed by atoms with Gasteiger partial charge in [0.25, 0.3) is 0 Å². The Balaban J connectivity index is 1.12. The van der Waals surface area contributed by atoms with Crippen molar-refractivity contribution >= 4 is 0 Å². The number of nitriles is 1. The Hall–Kier alpha value is -5.47. The van der Waals surface area contributed by atoms with E-state index in [0.29, 0.717) is 34.9 Å². The van der Waals surface area contributed by atoms with Crippen molar-refractivity contribution in [1.82, 2.24) is 19.9 Å². The van der Waals surface area contributed by atoms with Gasteiger partial charge in [-0.1, -0.05) is 80.6 Å². The lowest BCUT2D eigenvalue weighted by molar-refractivity contribution is -0.0400. The summed E-state index contributed by atoms with van der Waals surface area (Å²) in [7, 11) is 0. The number of benzene rings is 4. The van der Waals surface area contributed by atoms with Crippen LogP contribution in [0.15, 0.2) is 103 Å². The summed E-state index contributed by atoms with van der Waals surface area (Å²) in [5, 5.41) is 10.8. The largest absolute Gasteiger partial charge is 0.264 e. The first-order valence-electron chi connectivity index (χ1n) is 18.5. The molecule has 6 aromatic rings. The van der Waals surface area contributed by atoms with Gasteiger partial charge in [-0.15, -0.1) is 0 Å². The van der Waals surface area contributed by atoms with E-state index in [9.17, 15) is 5.26 Å². The highest BCUT2D eigenvalue weighted by molar-refractivity contribution is 5.88. The zero-order valence-corrected chi connectivity index (χ0v) is 28.9. The molecule has 246 valence electrons. The molecule has 2 aromatic heterocycles. The third-order valence-electron chi connectivity index (χ3n) is 13.4. The van der Waals surface area contributed by atoms with Gasteiger partial charge in [0.15, 0.2) is 17.5 Å². The minimum absolute atomic E-state index is 0.118. The van der Waals surface area contributed by atoms with Crippen LogP contribution in [0.4, 0.5) is 0 Å². The van der Waals surface area contributed by atoms with Gasteiger partial charge in [-0.2, -0.15) is 5.26 Å². The maximum Gasteiger partial charge on any atom is 0.164 e. The molecule has 0 atom stereocenters. The lowest BCUT2D eigenvalue weighted by Crippen LogP contribution is -2.55. The lowest BCUT2D eigenvalue weighted by atomic mass is 9.43. The van der Waals surface area contributed by atoms with Gasteiger partial charge < -0.3 is 0 Å². The number of pyridine rings is 1. The average Bonchev–Trinajstić information content (AvgIpc) is 3.59. The molecule has 0 saturated heterocycles. The minimum Gasteiger partial charge on any atom is -0.264 e. The van der Waals surface area contributed by atoms with E-state index in [1.54, 1.807) is 0 Å². The summed E-state index contributed by atoms with van der Waals surface area (Å²) in [5.74, 6) is 4.66. The molecule has 4 bridgehead atoms. The van der Waals surface area contributed by atoms with Crippen molar-refractivity contribution < 1.29 is 0 Å². The SMILES string of the molecule is CC1(C)c2ccccc2-c2ccc(-c3nc(-c4ccccc4)nc(-c4cc(C#N)c5c(c4)C4(c6cnccc6-5)C5CC6CC(C5)CC4C6)n3)cc21. The smallest absolute Gasteiger partial charge is 0.164 e. The summed E-state index contributed by atoms with van der Waals surface area (Å²) < 4.78 is 0. The molecule has 6 aliphatic carbocycles. The van der Waals surface area contributed by atoms with E-state index in [1.165, 1.54) is 71.0 Å². The Bertz CT molecular complexity index is 2460. The third-order valence-corrected chi connectivity index (χ3v) is 13.4. The Morgan fingerprint density at radius 2 is 1.24 bits per heavy atom. The molecule has 0 aliphatic heterocycles. The topological polar surface area (TPSA) is 75.3 Å². The molecular weight excluding hydrogens is 623 g/mol. The zero-order valence-electron chi connectivity index (χ0n) is 28.9. The van der Waals surface area contributed by atoms with Crippen molar-refractivity contribution in [3.8, 4) is 62.5 Å². The first-order valence-corrected chi connectivity index (χ1v) is 18.5. The summed E-state index contributed by atoms with van der Waals surface area (Å²) in [5.41, 5.74) is 13.3. The molecule has 2 heterocycles. The van der Waals surface area contributed by atoms with Gasteiger partial charge in [-0.3, -0.25) is 4.98 Å². The normalized spacial score (nSPS) is 25.3. The van der Waals surface area contributed by atoms with Gasteiger partial charge in [0.2, 0.25) is 0 Å². The molecule has 0 N–H and O–H groups in total. The van der Waals surface area contributed by atoms with E-state index in [-0.39, 0.29) is 10.8 Å². The quantitative estimate of drug-likeness (QED) is 0.189. The number of aromatic nitrogens is 4. The van der Waals surface area contributed by atoms with Crippen molar-refractivity contribution in [3.63, 3.8) is 0 Å². The average molecular weight is 660 g/mol. The Labute approximate surface area is 298 Å². The molecule has 5 heteroatoms. The highest BCUT2D eigenvalue weighted by atomic mass is 15.0. The fourth-order valence-electron chi connectivity index (χ4n) is 11.6. The lowest BCUT2D eigenvalue weighted by Gasteiger charge is -2.61. The van der Waals surface area contributed by atoms with E-state index in [1.807, 2.05) is 30.5 Å². The maximum atomic E-state index is 10.8. The van der Waals surface area contributed by atoms with Gasteiger partial charge >= 0.3 is 0 Å². The monoisotopic (exact) mass is 659 g/mol. The van der Waals surface area contributed by atoms with E-state index in [4.69, 9.17) is 19.9 Å². The number of fused-ring (bicyclic) bond motifs is 6. The molecule has 6 aliphatic rings. The summed E-state index contributed by atoms with van der Waals surface area (Å²) >= 11 is 0. The van der Waals surface area contributed by atoms with Crippen LogP contribution in [0.2, 0.25) is 0 Å². The first-order chi connectivity index (χ1) is 24.9. The highest BCUT2D eigenvalue weighted by Gasteiger charge is 2.62. The first kappa shape index (κ1) is 29.3. The maximum absolute atomic E-state index is 10.8. The van der Waals surface area contributed by atoms with Crippen molar-refractivity contribution in [2.45, 2.75) is 56.8 Å². The predicted octanol–water partition coefficient (Wildman–Crippen LogP) is 10.2. The molecule has 4 aromatic carbocycles. The second-order valence-corrected chi connectivity index (χ2v) is 16.3. The van der Waals surface area contributed by atoms with Crippen molar-refractivity contribution in [2.24, 2.45) is 23.7 Å². The fourth-order valence-corrected chi connectivity index (χ4v) is 11.6. The van der Waals surface area contributed by atoms with Crippen LogP contribution >= 0.6 is 0 Å². The molecular formula is C46H37N5. The number of hydrogen-bond acceptors (Lipinski definition) is 5. The van der Waals surface area contributed by atoms with Crippen LogP contribution in [-0.4, -0.2) is 19.9 Å². The van der Waals surface area contributed by atoms with E-state index in [2.05, 4.69) is 92.8 Å². The standard InChI is InChI=1S/C46H37N5/c1-45(2)37-11-7-6-10-34(37)35-13-12-29(22-38(35)45)43-49-42(28-8-4-3-5-9-28)50-44(51-43)30-21-31(24-47)41-36-14-15-48-25-40(36)46(39(41)23-30)32-17-26-16-27(19-32)20-33(46)18-26/h3-15,21-23,25-27,32-33H,16-20H2,1-2H3. The molecule has 0 amide bonds. The Kier molecular flexibility index (Phi) is 5.91. The minimum atomic E-state index is -0.140. The van der Waals surface area contributed by atoms with Crippen LogP contribution in [0.25, 0.3) is 56.4 Å². The van der Waals surface area contributed by atoms with Gasteiger partial charge in [0, 0.05) is 45.5 Å². The number of hydrogen-bond donors (Lipinski definition) is 0. The van der Waals surface area contributed by atoms with Crippen LogP contribution in [-0.2, 0) is 10.8 Å². The van der Waals surface area contributed by atoms with Crippen LogP contribution in [0.5, 0.6) is 0 Å². The van der Waals surface area contributed by atoms with Crippen molar-refractivity contribution in [1.29, 1.82) is 5.26 Å². The number of nitrogens with zero attached hydrogens (tertiary/aromatic N) is 5. The van der Waals surface area contributed by atoms with E-state index in [0.717, 1.165) is 34.1 Å². The molecule has 12 rings (SSSR count). The molecule has 0 unspecified atom stereocenters. The van der Waals surface area contributed by atoms with Crippen LogP contribution in [0.1, 0.15) is 73.8 Å². The van der Waals surface area contributed by atoms with E-state index < -0.39 is 0 Å². The van der Waals surface area contributed by atoms with Gasteiger partial charge in [0.05, 0.1) is 11.6 Å². The van der Waals surface area contributed by atoms with Gasteiger partial charge in [-0.25, -0.2) is 15.0 Å².